The summed E-state index contributed by atoms with van der Waals surface area (Å²) >= 11 is 0. The topological polar surface area (TPSA) is 43.9 Å². The molecule has 5 nitrogen and oxygen atoms in total. The van der Waals surface area contributed by atoms with E-state index in [9.17, 15) is 9.59 Å². The minimum absolute atomic E-state index is 0.0376. The lowest BCUT2D eigenvalue weighted by atomic mass is 10.1. The fourth-order valence-corrected chi connectivity index (χ4v) is 3.81. The first-order chi connectivity index (χ1) is 12.6. The second-order valence-corrected chi connectivity index (χ2v) is 6.91. The van der Waals surface area contributed by atoms with Gasteiger partial charge in [0.05, 0.1) is 0 Å². The van der Waals surface area contributed by atoms with Gasteiger partial charge in [-0.25, -0.2) is 0 Å². The predicted octanol–water partition coefficient (Wildman–Crippen LogP) is 2.38. The Balaban J connectivity index is 1.39. The van der Waals surface area contributed by atoms with Gasteiger partial charge in [-0.2, -0.15) is 0 Å². The van der Waals surface area contributed by atoms with E-state index in [0.29, 0.717) is 19.6 Å². The third-order valence-electron chi connectivity index (χ3n) is 5.39. The molecular formula is C21H23N3O2. The maximum Gasteiger partial charge on any atom is 0.255 e. The van der Waals surface area contributed by atoms with Gasteiger partial charge in [0, 0.05) is 44.0 Å². The lowest BCUT2D eigenvalue weighted by Gasteiger charge is -2.38. The number of carbonyl (C=O) groups is 2. The van der Waals surface area contributed by atoms with Crippen LogP contribution in [0.25, 0.3) is 0 Å². The Hall–Kier alpha value is -2.82. The molecule has 1 saturated heterocycles. The summed E-state index contributed by atoms with van der Waals surface area (Å²) in [4.78, 5) is 31.4. The largest absolute Gasteiger partial charge is 0.368 e. The number of amides is 2. The van der Waals surface area contributed by atoms with Gasteiger partial charge in [-0.05, 0) is 30.7 Å². The zero-order valence-corrected chi connectivity index (χ0v) is 15.0. The van der Waals surface area contributed by atoms with Crippen LogP contribution in [0.4, 0.5) is 5.69 Å². The molecule has 0 spiro atoms. The van der Waals surface area contributed by atoms with Crippen LogP contribution in [0.3, 0.4) is 0 Å². The Kier molecular flexibility index (Phi) is 4.37. The Morgan fingerprint density at radius 1 is 0.923 bits per heavy atom. The minimum atomic E-state index is -0.432. The van der Waals surface area contributed by atoms with E-state index in [-0.39, 0.29) is 11.8 Å². The SMILES string of the molecule is CC(C(=O)N1CCN(c2ccccc2)CC1)N1Cc2ccccc2C1=O. The van der Waals surface area contributed by atoms with Gasteiger partial charge in [0.2, 0.25) is 5.91 Å². The van der Waals surface area contributed by atoms with Crippen molar-refractivity contribution in [1.82, 2.24) is 9.80 Å². The second-order valence-electron chi connectivity index (χ2n) is 6.91. The number of fused-ring (bicyclic) bond motifs is 1. The zero-order valence-electron chi connectivity index (χ0n) is 15.0. The highest BCUT2D eigenvalue weighted by Crippen LogP contribution is 2.25. The molecule has 0 radical (unpaired) electrons. The van der Waals surface area contributed by atoms with Crippen molar-refractivity contribution in [2.24, 2.45) is 0 Å². The van der Waals surface area contributed by atoms with Gasteiger partial charge in [0.25, 0.3) is 5.91 Å². The van der Waals surface area contributed by atoms with Crippen LogP contribution in [-0.2, 0) is 11.3 Å². The maximum atomic E-state index is 12.9. The van der Waals surface area contributed by atoms with E-state index in [1.54, 1.807) is 4.90 Å². The molecular weight excluding hydrogens is 326 g/mol. The Morgan fingerprint density at radius 2 is 1.58 bits per heavy atom. The summed E-state index contributed by atoms with van der Waals surface area (Å²) in [5.41, 5.74) is 2.92. The second kappa shape index (κ2) is 6.83. The van der Waals surface area contributed by atoms with Crippen LogP contribution >= 0.6 is 0 Å². The van der Waals surface area contributed by atoms with Crippen molar-refractivity contribution in [3.63, 3.8) is 0 Å². The molecule has 2 aliphatic heterocycles. The summed E-state index contributed by atoms with van der Waals surface area (Å²) in [5, 5.41) is 0. The van der Waals surface area contributed by atoms with E-state index in [1.165, 1.54) is 5.69 Å². The first kappa shape index (κ1) is 16.6. The summed E-state index contributed by atoms with van der Waals surface area (Å²) < 4.78 is 0. The van der Waals surface area contributed by atoms with E-state index in [1.807, 2.05) is 54.3 Å². The van der Waals surface area contributed by atoms with Crippen molar-refractivity contribution in [2.75, 3.05) is 31.1 Å². The van der Waals surface area contributed by atoms with Crippen molar-refractivity contribution in [2.45, 2.75) is 19.5 Å². The van der Waals surface area contributed by atoms with Crippen LogP contribution in [0.1, 0.15) is 22.8 Å². The molecule has 0 aliphatic carbocycles. The van der Waals surface area contributed by atoms with Crippen LogP contribution < -0.4 is 4.90 Å². The maximum absolute atomic E-state index is 12.9. The van der Waals surface area contributed by atoms with Crippen LogP contribution in [0.5, 0.6) is 0 Å². The van der Waals surface area contributed by atoms with Gasteiger partial charge < -0.3 is 14.7 Å². The number of hydrogen-bond acceptors (Lipinski definition) is 3. The fourth-order valence-electron chi connectivity index (χ4n) is 3.81. The Bertz CT molecular complexity index is 813. The number of piperazine rings is 1. The number of benzene rings is 2. The first-order valence-electron chi connectivity index (χ1n) is 9.13. The number of hydrogen-bond donors (Lipinski definition) is 0. The predicted molar refractivity (Wildman–Crippen MR) is 101 cm³/mol. The highest BCUT2D eigenvalue weighted by Gasteiger charge is 2.36. The Labute approximate surface area is 153 Å². The van der Waals surface area contributed by atoms with Crippen LogP contribution in [0.2, 0.25) is 0 Å². The standard InChI is InChI=1S/C21H23N3O2/c1-16(24-15-17-7-5-6-10-19(17)21(24)26)20(25)23-13-11-22(12-14-23)18-8-3-2-4-9-18/h2-10,16H,11-15H2,1H3. The lowest BCUT2D eigenvalue weighted by Crippen LogP contribution is -2.54. The quantitative estimate of drug-likeness (QED) is 0.855. The third kappa shape index (κ3) is 2.94. The van der Waals surface area contributed by atoms with Gasteiger partial charge >= 0.3 is 0 Å². The molecule has 5 heteroatoms. The molecule has 1 fully saturated rings. The molecule has 0 saturated carbocycles. The molecule has 2 aliphatic rings. The summed E-state index contributed by atoms with van der Waals surface area (Å²) in [6, 6.07) is 17.4. The average molecular weight is 349 g/mol. The molecule has 0 bridgehead atoms. The van der Waals surface area contributed by atoms with Gasteiger partial charge in [-0.3, -0.25) is 9.59 Å². The summed E-state index contributed by atoms with van der Waals surface area (Å²) in [6.07, 6.45) is 0. The minimum Gasteiger partial charge on any atom is -0.368 e. The third-order valence-corrected chi connectivity index (χ3v) is 5.39. The molecule has 4 rings (SSSR count). The van der Waals surface area contributed by atoms with Crippen molar-refractivity contribution in [3.05, 3.63) is 65.7 Å². The summed E-state index contributed by atoms with van der Waals surface area (Å²) in [6.45, 7) is 5.37. The lowest BCUT2D eigenvalue weighted by molar-refractivity contribution is -0.136. The molecule has 1 unspecified atom stereocenters. The molecule has 0 N–H and O–H groups in total. The molecule has 134 valence electrons. The van der Waals surface area contributed by atoms with E-state index in [4.69, 9.17) is 0 Å². The van der Waals surface area contributed by atoms with Crippen molar-refractivity contribution in [3.8, 4) is 0 Å². The van der Waals surface area contributed by atoms with Crippen LogP contribution in [-0.4, -0.2) is 53.8 Å². The molecule has 0 aromatic heterocycles. The van der Waals surface area contributed by atoms with Crippen molar-refractivity contribution >= 4 is 17.5 Å². The molecule has 2 aromatic carbocycles. The van der Waals surface area contributed by atoms with Gasteiger partial charge in [0.1, 0.15) is 6.04 Å². The number of carbonyl (C=O) groups excluding carboxylic acids is 2. The van der Waals surface area contributed by atoms with Crippen molar-refractivity contribution < 1.29 is 9.59 Å². The van der Waals surface area contributed by atoms with Gasteiger partial charge in [0.15, 0.2) is 0 Å². The van der Waals surface area contributed by atoms with E-state index >= 15 is 0 Å². The van der Waals surface area contributed by atoms with Crippen molar-refractivity contribution in [1.29, 1.82) is 0 Å². The summed E-state index contributed by atoms with van der Waals surface area (Å²) in [5.74, 6) is 0.00300. The number of anilines is 1. The van der Waals surface area contributed by atoms with Gasteiger partial charge in [-0.1, -0.05) is 36.4 Å². The van der Waals surface area contributed by atoms with Crippen LogP contribution in [0.15, 0.2) is 54.6 Å². The normalized spacial score (nSPS) is 18.0. The fraction of sp³-hybridized carbons (Fsp3) is 0.333. The smallest absolute Gasteiger partial charge is 0.255 e. The molecule has 2 aromatic rings. The number of rotatable bonds is 3. The highest BCUT2D eigenvalue weighted by molar-refractivity contribution is 6.01. The highest BCUT2D eigenvalue weighted by atomic mass is 16.2. The van der Waals surface area contributed by atoms with E-state index < -0.39 is 6.04 Å². The van der Waals surface area contributed by atoms with E-state index in [2.05, 4.69) is 17.0 Å². The first-order valence-corrected chi connectivity index (χ1v) is 9.13. The number of para-hydroxylation sites is 1. The summed E-state index contributed by atoms with van der Waals surface area (Å²) in [7, 11) is 0. The molecule has 26 heavy (non-hydrogen) atoms. The molecule has 1 atom stereocenters. The molecule has 2 amide bonds. The molecule has 2 heterocycles. The van der Waals surface area contributed by atoms with Crippen LogP contribution in [0, 0.1) is 0 Å². The van der Waals surface area contributed by atoms with E-state index in [0.717, 1.165) is 24.2 Å². The zero-order chi connectivity index (χ0) is 18.1. The number of nitrogens with zero attached hydrogens (tertiary/aromatic N) is 3. The van der Waals surface area contributed by atoms with Gasteiger partial charge in [-0.15, -0.1) is 0 Å². The monoisotopic (exact) mass is 349 g/mol. The Morgan fingerprint density at radius 3 is 2.27 bits per heavy atom. The average Bonchev–Trinajstić information content (AvgIpc) is 3.04.